The van der Waals surface area contributed by atoms with Crippen LogP contribution in [-0.4, -0.2) is 71.1 Å². The predicted molar refractivity (Wildman–Crippen MR) is 136 cm³/mol. The lowest BCUT2D eigenvalue weighted by atomic mass is 10.0. The van der Waals surface area contributed by atoms with E-state index < -0.39 is 23.7 Å². The maximum Gasteiger partial charge on any atom is 0.326 e. The van der Waals surface area contributed by atoms with Crippen LogP contribution >= 0.6 is 11.8 Å². The second-order valence-electron chi connectivity index (χ2n) is 9.95. The molecule has 3 atom stereocenters. The average molecular weight is 493 g/mol. The third-order valence-corrected chi connectivity index (χ3v) is 6.73. The molecule has 1 fully saturated rings. The molecule has 8 heteroatoms. The molecule has 1 aliphatic rings. The molecule has 0 aromatic heterocycles. The van der Waals surface area contributed by atoms with E-state index >= 15 is 0 Å². The highest BCUT2D eigenvalue weighted by atomic mass is 32.2. The van der Waals surface area contributed by atoms with E-state index in [1.165, 1.54) is 0 Å². The van der Waals surface area contributed by atoms with Gasteiger partial charge in [-0.05, 0) is 52.0 Å². The first-order valence-electron chi connectivity index (χ1n) is 12.1. The van der Waals surface area contributed by atoms with E-state index in [-0.39, 0.29) is 37.0 Å². The van der Waals surface area contributed by atoms with Gasteiger partial charge in [0.05, 0.1) is 12.6 Å². The fraction of sp³-hybridized carbons (Fsp3) is 0.654. The summed E-state index contributed by atoms with van der Waals surface area (Å²) in [4.78, 5) is 40.6. The number of carbonyl (C=O) groups is 3. The molecule has 0 spiro atoms. The molecule has 1 aliphatic heterocycles. The van der Waals surface area contributed by atoms with Crippen LogP contribution in [0.15, 0.2) is 30.3 Å². The molecule has 2 rings (SSSR count). The lowest BCUT2D eigenvalue weighted by Crippen LogP contribution is -2.56. The number of aryl methyl sites for hydroxylation is 1. The SMILES string of the molecule is CCOC(=O)[C@@H](CCc1ccccc1)NC1CSCC(C(C)C)N(CC(=O)OC(C)(C)C)C1=O. The van der Waals surface area contributed by atoms with Gasteiger partial charge in [0.15, 0.2) is 0 Å². The molecule has 2 unspecified atom stereocenters. The van der Waals surface area contributed by atoms with Crippen LogP contribution in [-0.2, 0) is 30.3 Å². The lowest BCUT2D eigenvalue weighted by Gasteiger charge is -2.34. The summed E-state index contributed by atoms with van der Waals surface area (Å²) in [6.07, 6.45) is 1.19. The van der Waals surface area contributed by atoms with Crippen molar-refractivity contribution in [1.82, 2.24) is 10.2 Å². The number of benzene rings is 1. The average Bonchev–Trinajstić information content (AvgIpc) is 2.90. The first-order chi connectivity index (χ1) is 16.0. The van der Waals surface area contributed by atoms with E-state index in [0.29, 0.717) is 18.6 Å². The van der Waals surface area contributed by atoms with Crippen molar-refractivity contribution < 1.29 is 23.9 Å². The number of nitrogens with zero attached hydrogens (tertiary/aromatic N) is 1. The number of thioether (sulfide) groups is 1. The third-order valence-electron chi connectivity index (χ3n) is 5.58. The topological polar surface area (TPSA) is 84.9 Å². The van der Waals surface area contributed by atoms with Crippen LogP contribution in [0.1, 0.15) is 53.5 Å². The number of hydrogen-bond donors (Lipinski definition) is 1. The van der Waals surface area contributed by atoms with E-state index in [1.807, 2.05) is 51.1 Å². The molecule has 0 bridgehead atoms. The van der Waals surface area contributed by atoms with Crippen molar-refractivity contribution >= 4 is 29.6 Å². The number of carbonyl (C=O) groups excluding carboxylic acids is 3. The van der Waals surface area contributed by atoms with Crippen molar-refractivity contribution in [3.8, 4) is 0 Å². The predicted octanol–water partition coefficient (Wildman–Crippen LogP) is 3.45. The Kier molecular flexibility index (Phi) is 10.9. The van der Waals surface area contributed by atoms with E-state index in [1.54, 1.807) is 23.6 Å². The molecule has 0 radical (unpaired) electrons. The summed E-state index contributed by atoms with van der Waals surface area (Å²) in [6.45, 7) is 11.5. The summed E-state index contributed by atoms with van der Waals surface area (Å²) in [7, 11) is 0. The van der Waals surface area contributed by atoms with Gasteiger partial charge in [-0.15, -0.1) is 0 Å². The Balaban J connectivity index is 2.19. The Labute approximate surface area is 208 Å². The molecule has 1 aromatic rings. The molecule has 1 heterocycles. The van der Waals surface area contributed by atoms with Crippen LogP contribution in [0.3, 0.4) is 0 Å². The van der Waals surface area contributed by atoms with Crippen molar-refractivity contribution in [1.29, 1.82) is 0 Å². The molecular formula is C26H40N2O5S. The number of ether oxygens (including phenoxy) is 2. The Morgan fingerprint density at radius 1 is 1.18 bits per heavy atom. The normalized spacial score (nSPS) is 20.1. The number of hydrogen-bond acceptors (Lipinski definition) is 7. The lowest BCUT2D eigenvalue weighted by molar-refractivity contribution is -0.160. The summed E-state index contributed by atoms with van der Waals surface area (Å²) < 4.78 is 10.8. The maximum atomic E-state index is 13.6. The van der Waals surface area contributed by atoms with E-state index in [9.17, 15) is 14.4 Å². The summed E-state index contributed by atoms with van der Waals surface area (Å²) >= 11 is 1.66. The minimum atomic E-state index is -0.627. The highest BCUT2D eigenvalue weighted by molar-refractivity contribution is 7.99. The van der Waals surface area contributed by atoms with Crippen molar-refractivity contribution in [2.24, 2.45) is 5.92 Å². The highest BCUT2D eigenvalue weighted by Crippen LogP contribution is 2.24. The number of amides is 1. The maximum absolute atomic E-state index is 13.6. The summed E-state index contributed by atoms with van der Waals surface area (Å²) in [5, 5.41) is 3.27. The second kappa shape index (κ2) is 13.1. The number of esters is 2. The molecule has 1 aromatic carbocycles. The zero-order valence-electron chi connectivity index (χ0n) is 21.3. The molecule has 190 valence electrons. The van der Waals surface area contributed by atoms with Crippen LogP contribution in [0.4, 0.5) is 0 Å². The van der Waals surface area contributed by atoms with Crippen molar-refractivity contribution in [3.05, 3.63) is 35.9 Å². The first kappa shape index (κ1) is 28.2. The monoisotopic (exact) mass is 492 g/mol. The molecule has 7 nitrogen and oxygen atoms in total. The van der Waals surface area contributed by atoms with Crippen molar-refractivity contribution in [2.75, 3.05) is 24.7 Å². The number of nitrogens with one attached hydrogen (secondary N) is 1. The van der Waals surface area contributed by atoms with Gasteiger partial charge in [0.1, 0.15) is 18.2 Å². The Morgan fingerprint density at radius 2 is 1.85 bits per heavy atom. The van der Waals surface area contributed by atoms with Crippen LogP contribution < -0.4 is 5.32 Å². The summed E-state index contributed by atoms with van der Waals surface area (Å²) in [5.74, 6) is 0.454. The molecule has 34 heavy (non-hydrogen) atoms. The summed E-state index contributed by atoms with van der Waals surface area (Å²) in [6, 6.07) is 8.62. The molecule has 1 N–H and O–H groups in total. The van der Waals surface area contributed by atoms with Gasteiger partial charge < -0.3 is 14.4 Å². The third kappa shape index (κ3) is 8.95. The smallest absolute Gasteiger partial charge is 0.326 e. The fourth-order valence-corrected chi connectivity index (χ4v) is 5.34. The molecular weight excluding hydrogens is 452 g/mol. The first-order valence-corrected chi connectivity index (χ1v) is 13.2. The van der Waals surface area contributed by atoms with Crippen molar-refractivity contribution in [3.63, 3.8) is 0 Å². The zero-order valence-corrected chi connectivity index (χ0v) is 22.2. The van der Waals surface area contributed by atoms with Gasteiger partial charge in [-0.25, -0.2) is 0 Å². The van der Waals surface area contributed by atoms with Gasteiger partial charge in [0.25, 0.3) is 0 Å². The van der Waals surface area contributed by atoms with Crippen LogP contribution in [0.2, 0.25) is 0 Å². The largest absolute Gasteiger partial charge is 0.465 e. The van der Waals surface area contributed by atoms with Gasteiger partial charge in [-0.1, -0.05) is 44.2 Å². The fourth-order valence-electron chi connectivity index (χ4n) is 3.92. The van der Waals surface area contributed by atoms with E-state index in [4.69, 9.17) is 9.47 Å². The Hall–Kier alpha value is -2.06. The van der Waals surface area contributed by atoms with E-state index in [0.717, 1.165) is 11.3 Å². The molecule has 1 saturated heterocycles. The van der Waals surface area contributed by atoms with Gasteiger partial charge in [0, 0.05) is 17.5 Å². The highest BCUT2D eigenvalue weighted by Gasteiger charge is 2.38. The van der Waals surface area contributed by atoms with Crippen LogP contribution in [0.5, 0.6) is 0 Å². The van der Waals surface area contributed by atoms with E-state index in [2.05, 4.69) is 19.2 Å². The molecule has 0 aliphatic carbocycles. The van der Waals surface area contributed by atoms with Gasteiger partial charge in [-0.3, -0.25) is 19.7 Å². The zero-order chi connectivity index (χ0) is 25.3. The minimum absolute atomic E-state index is 0.0952. The van der Waals surface area contributed by atoms with Crippen LogP contribution in [0.25, 0.3) is 0 Å². The quantitative estimate of drug-likeness (QED) is 0.501. The second-order valence-corrected chi connectivity index (χ2v) is 11.0. The van der Waals surface area contributed by atoms with Crippen molar-refractivity contribution in [2.45, 2.75) is 78.1 Å². The Bertz CT molecular complexity index is 809. The summed E-state index contributed by atoms with van der Waals surface area (Å²) in [5.41, 5.74) is 0.490. The van der Waals surface area contributed by atoms with Gasteiger partial charge in [0.2, 0.25) is 5.91 Å². The van der Waals surface area contributed by atoms with Crippen LogP contribution in [0, 0.1) is 5.92 Å². The standard InChI is InChI=1S/C26H40N2O5S/c1-7-32-25(31)20(14-13-19-11-9-8-10-12-19)27-21-16-34-17-22(18(2)3)28(24(21)30)15-23(29)33-26(4,5)6/h8-12,18,20-22,27H,7,13-17H2,1-6H3/t20-,21?,22?/m1/s1. The minimum Gasteiger partial charge on any atom is -0.465 e. The number of rotatable bonds is 10. The molecule has 1 amide bonds. The van der Waals surface area contributed by atoms with Gasteiger partial charge >= 0.3 is 11.9 Å². The molecule has 0 saturated carbocycles. The Morgan fingerprint density at radius 3 is 2.44 bits per heavy atom. The van der Waals surface area contributed by atoms with Gasteiger partial charge in [-0.2, -0.15) is 11.8 Å².